The van der Waals surface area contributed by atoms with Gasteiger partial charge in [-0.1, -0.05) is 36.4 Å². The summed E-state index contributed by atoms with van der Waals surface area (Å²) in [5.74, 6) is -0.146. The van der Waals surface area contributed by atoms with Crippen molar-refractivity contribution in [3.8, 4) is 0 Å². The van der Waals surface area contributed by atoms with Gasteiger partial charge >= 0.3 is 0 Å². The zero-order valence-corrected chi connectivity index (χ0v) is 16.5. The van der Waals surface area contributed by atoms with Gasteiger partial charge in [-0.25, -0.2) is 8.42 Å². The number of non-ortho nitro benzene ring substituents is 1. The molecule has 0 spiro atoms. The fraction of sp³-hybridized carbons (Fsp3) is 0.350. The molecule has 0 N–H and O–H groups in total. The quantitative estimate of drug-likeness (QED) is 0.559. The molecule has 2 aliphatic rings. The van der Waals surface area contributed by atoms with Crippen molar-refractivity contribution in [3.05, 3.63) is 69.8 Å². The van der Waals surface area contributed by atoms with Gasteiger partial charge in [-0.2, -0.15) is 0 Å². The molecule has 1 saturated heterocycles. The molecule has 9 heteroatoms. The zero-order valence-electron chi connectivity index (χ0n) is 15.7. The van der Waals surface area contributed by atoms with E-state index in [1.807, 2.05) is 35.2 Å². The summed E-state index contributed by atoms with van der Waals surface area (Å²) in [5.41, 5.74) is 2.20. The van der Waals surface area contributed by atoms with Gasteiger partial charge in [-0.05, 0) is 17.5 Å². The van der Waals surface area contributed by atoms with Crippen LogP contribution in [0.15, 0.2) is 48.5 Å². The highest BCUT2D eigenvalue weighted by Crippen LogP contribution is 2.35. The lowest BCUT2D eigenvalue weighted by Gasteiger charge is -2.36. The first kappa shape index (κ1) is 19.5. The van der Waals surface area contributed by atoms with Gasteiger partial charge < -0.3 is 4.90 Å². The Labute approximate surface area is 168 Å². The molecule has 8 nitrogen and oxygen atoms in total. The second-order valence-electron chi connectivity index (χ2n) is 7.31. The van der Waals surface area contributed by atoms with Gasteiger partial charge in [0.25, 0.3) is 5.69 Å². The van der Waals surface area contributed by atoms with E-state index in [2.05, 4.69) is 0 Å². The maximum Gasteiger partial charge on any atom is 0.271 e. The second-order valence-corrected chi connectivity index (χ2v) is 9.61. The van der Waals surface area contributed by atoms with E-state index in [1.165, 1.54) is 12.1 Å². The number of nitro groups is 1. The van der Waals surface area contributed by atoms with Gasteiger partial charge in [0.2, 0.25) is 5.91 Å². The third-order valence-electron chi connectivity index (χ3n) is 5.53. The number of sulfone groups is 1. The number of carbonyl (C=O) groups is 1. The first-order valence-electron chi connectivity index (χ1n) is 9.44. The Bertz CT molecular complexity index is 1040. The Morgan fingerprint density at radius 3 is 2.38 bits per heavy atom. The largest absolute Gasteiger partial charge is 0.310 e. The van der Waals surface area contributed by atoms with Crippen LogP contribution in [0.25, 0.3) is 0 Å². The van der Waals surface area contributed by atoms with E-state index in [0.717, 1.165) is 11.1 Å². The lowest BCUT2D eigenvalue weighted by molar-refractivity contribution is -0.384. The number of anilines is 1. The van der Waals surface area contributed by atoms with E-state index in [9.17, 15) is 23.3 Å². The molecule has 1 amide bonds. The molecular formula is C20H21N3O5S. The number of nitrogens with zero attached hydrogens (tertiary/aromatic N) is 3. The number of hydrogen-bond acceptors (Lipinski definition) is 6. The Balaban J connectivity index is 1.69. The van der Waals surface area contributed by atoms with Crippen LogP contribution in [0.1, 0.15) is 17.2 Å². The predicted molar refractivity (Wildman–Crippen MR) is 109 cm³/mol. The van der Waals surface area contributed by atoms with Gasteiger partial charge in [0, 0.05) is 31.8 Å². The van der Waals surface area contributed by atoms with Crippen LogP contribution in [0.2, 0.25) is 0 Å². The molecule has 0 bridgehead atoms. The van der Waals surface area contributed by atoms with Crippen LogP contribution in [-0.4, -0.2) is 55.3 Å². The monoisotopic (exact) mass is 415 g/mol. The molecule has 2 aliphatic heterocycles. The fourth-order valence-electron chi connectivity index (χ4n) is 3.99. The van der Waals surface area contributed by atoms with Gasteiger partial charge in [-0.15, -0.1) is 0 Å². The minimum absolute atomic E-state index is 0.0195. The SMILES string of the molecule is O=C(C(c1ccccc1)N1CCS(=O)(=O)CC1)N1CCc2ccc([N+](=O)[O-])cc21. The Hall–Kier alpha value is -2.78. The summed E-state index contributed by atoms with van der Waals surface area (Å²) in [6.45, 7) is 1.01. The lowest BCUT2D eigenvalue weighted by atomic mass is 10.0. The number of amides is 1. The van der Waals surface area contributed by atoms with Gasteiger partial charge in [-0.3, -0.25) is 19.8 Å². The molecule has 2 heterocycles. The van der Waals surface area contributed by atoms with Crippen LogP contribution in [0.5, 0.6) is 0 Å². The van der Waals surface area contributed by atoms with Crippen molar-refractivity contribution < 1.29 is 18.1 Å². The zero-order chi connectivity index (χ0) is 20.6. The fourth-order valence-corrected chi connectivity index (χ4v) is 5.22. The molecule has 0 radical (unpaired) electrons. The Morgan fingerprint density at radius 2 is 1.72 bits per heavy atom. The average molecular weight is 415 g/mol. The van der Waals surface area contributed by atoms with E-state index in [0.29, 0.717) is 18.7 Å². The molecule has 4 rings (SSSR count). The lowest BCUT2D eigenvalue weighted by Crippen LogP contribution is -2.48. The smallest absolute Gasteiger partial charge is 0.271 e. The molecule has 1 unspecified atom stereocenters. The van der Waals surface area contributed by atoms with E-state index in [1.54, 1.807) is 11.0 Å². The number of hydrogen-bond donors (Lipinski definition) is 0. The van der Waals surface area contributed by atoms with Crippen molar-refractivity contribution in [2.45, 2.75) is 12.5 Å². The number of fused-ring (bicyclic) bond motifs is 1. The van der Waals surface area contributed by atoms with Gasteiger partial charge in [0.1, 0.15) is 6.04 Å². The normalized spacial score (nSPS) is 19.5. The van der Waals surface area contributed by atoms with Crippen LogP contribution >= 0.6 is 0 Å². The minimum atomic E-state index is -3.08. The maximum atomic E-state index is 13.6. The van der Waals surface area contributed by atoms with E-state index in [-0.39, 0.29) is 36.2 Å². The molecule has 2 aromatic rings. The predicted octanol–water partition coefficient (Wildman–Crippen LogP) is 1.96. The molecule has 0 aliphatic carbocycles. The molecule has 1 fully saturated rings. The highest BCUT2D eigenvalue weighted by Gasteiger charge is 2.37. The van der Waals surface area contributed by atoms with Crippen molar-refractivity contribution in [1.82, 2.24) is 4.90 Å². The van der Waals surface area contributed by atoms with Crippen molar-refractivity contribution in [1.29, 1.82) is 0 Å². The van der Waals surface area contributed by atoms with Crippen LogP contribution in [-0.2, 0) is 21.1 Å². The highest BCUT2D eigenvalue weighted by molar-refractivity contribution is 7.91. The first-order valence-corrected chi connectivity index (χ1v) is 11.3. The minimum Gasteiger partial charge on any atom is -0.310 e. The summed E-state index contributed by atoms with van der Waals surface area (Å²) in [5, 5.41) is 11.2. The van der Waals surface area contributed by atoms with Crippen LogP contribution in [0, 0.1) is 10.1 Å². The number of nitro benzene ring substituents is 1. The molecule has 29 heavy (non-hydrogen) atoms. The van der Waals surface area contributed by atoms with E-state index in [4.69, 9.17) is 0 Å². The van der Waals surface area contributed by atoms with Crippen molar-refractivity contribution in [3.63, 3.8) is 0 Å². The summed E-state index contributed by atoms with van der Waals surface area (Å²) in [6, 6.07) is 13.2. The molecular weight excluding hydrogens is 394 g/mol. The Kier molecular flexibility index (Phi) is 5.10. The number of rotatable bonds is 4. The van der Waals surface area contributed by atoms with Crippen LogP contribution < -0.4 is 4.90 Å². The standard InChI is InChI=1S/C20H21N3O5S/c24-20(22-9-8-15-6-7-17(23(25)26)14-18(15)22)19(16-4-2-1-3-5-16)21-10-12-29(27,28)13-11-21/h1-7,14,19H,8-13H2. The summed E-state index contributed by atoms with van der Waals surface area (Å²) >= 11 is 0. The van der Waals surface area contributed by atoms with Gasteiger partial charge in [0.05, 0.1) is 22.1 Å². The van der Waals surface area contributed by atoms with Crippen molar-refractivity contribution in [2.24, 2.45) is 0 Å². The molecule has 1 atom stereocenters. The third-order valence-corrected chi connectivity index (χ3v) is 7.14. The maximum absolute atomic E-state index is 13.6. The van der Waals surface area contributed by atoms with Crippen molar-refractivity contribution in [2.75, 3.05) is 36.0 Å². The summed E-state index contributed by atoms with van der Waals surface area (Å²) in [6.07, 6.45) is 0.634. The molecule has 0 saturated carbocycles. The molecule has 0 aromatic heterocycles. The average Bonchev–Trinajstić information content (AvgIpc) is 3.13. The summed E-state index contributed by atoms with van der Waals surface area (Å²) < 4.78 is 23.7. The number of carbonyl (C=O) groups excluding carboxylic acids is 1. The second kappa shape index (κ2) is 7.57. The van der Waals surface area contributed by atoms with Crippen LogP contribution in [0.4, 0.5) is 11.4 Å². The summed E-state index contributed by atoms with van der Waals surface area (Å²) in [4.78, 5) is 27.8. The van der Waals surface area contributed by atoms with Crippen molar-refractivity contribution >= 4 is 27.1 Å². The molecule has 152 valence electrons. The topological polar surface area (TPSA) is 101 Å². The molecule has 2 aromatic carbocycles. The van der Waals surface area contributed by atoms with E-state index < -0.39 is 20.8 Å². The van der Waals surface area contributed by atoms with Crippen LogP contribution in [0.3, 0.4) is 0 Å². The first-order chi connectivity index (χ1) is 13.9. The Morgan fingerprint density at radius 1 is 1.03 bits per heavy atom. The van der Waals surface area contributed by atoms with E-state index >= 15 is 0 Å². The third kappa shape index (κ3) is 3.88. The highest BCUT2D eigenvalue weighted by atomic mass is 32.2. The van der Waals surface area contributed by atoms with Gasteiger partial charge in [0.15, 0.2) is 9.84 Å². The number of benzene rings is 2. The summed E-state index contributed by atoms with van der Waals surface area (Å²) in [7, 11) is -3.08.